The average Bonchev–Trinajstić information content (AvgIpc) is 2.32. The summed E-state index contributed by atoms with van der Waals surface area (Å²) in [5.74, 6) is -0.300. The molecule has 1 N–H and O–H groups in total. The van der Waals surface area contributed by atoms with Crippen LogP contribution in [0.5, 0.6) is 0 Å². The zero-order chi connectivity index (χ0) is 14.8. The molecule has 0 aliphatic carbocycles. The summed E-state index contributed by atoms with van der Waals surface area (Å²) in [5.41, 5.74) is 0.778. The molecule has 0 saturated heterocycles. The van der Waals surface area contributed by atoms with Gasteiger partial charge in [-0.15, -0.1) is 0 Å². The molecule has 1 aromatic carbocycles. The van der Waals surface area contributed by atoms with Gasteiger partial charge in [0.15, 0.2) is 0 Å². The molecule has 1 rings (SSSR count). The van der Waals surface area contributed by atoms with Gasteiger partial charge in [0.05, 0.1) is 4.92 Å². The van der Waals surface area contributed by atoms with E-state index in [-0.39, 0.29) is 11.6 Å². The number of benzene rings is 1. The van der Waals surface area contributed by atoms with Crippen LogP contribution in [0.3, 0.4) is 0 Å². The number of hydrogen-bond donors (Lipinski definition) is 1. The van der Waals surface area contributed by atoms with Gasteiger partial charge in [0.1, 0.15) is 5.60 Å². The molecule has 0 radical (unpaired) electrons. The van der Waals surface area contributed by atoms with E-state index in [0.29, 0.717) is 16.8 Å². The fraction of sp³-hybridized carbons (Fsp3) is 0.462. The molecular weight excluding hydrogens is 248 g/mol. The number of rotatable bonds is 4. The first-order chi connectivity index (χ1) is 8.69. The Hall–Kier alpha value is -1.95. The third-order valence-corrected chi connectivity index (χ3v) is 3.04. The minimum atomic E-state index is -0.956. The fourth-order valence-corrected chi connectivity index (χ4v) is 1.50. The average molecular weight is 266 g/mol. The second-order valence-corrected chi connectivity index (χ2v) is 4.88. The van der Waals surface area contributed by atoms with Crippen molar-refractivity contribution in [1.29, 1.82) is 0 Å². The summed E-state index contributed by atoms with van der Waals surface area (Å²) in [6.07, 6.45) is 0. The summed E-state index contributed by atoms with van der Waals surface area (Å²) in [4.78, 5) is 22.4. The molecule has 104 valence electrons. The highest BCUT2D eigenvalue weighted by atomic mass is 16.6. The Morgan fingerprint density at radius 3 is 2.37 bits per heavy atom. The van der Waals surface area contributed by atoms with E-state index in [1.54, 1.807) is 33.8 Å². The van der Waals surface area contributed by atoms with Crippen LogP contribution in [-0.2, 0) is 9.53 Å². The number of amides is 1. The van der Waals surface area contributed by atoms with Crippen molar-refractivity contribution in [1.82, 2.24) is 0 Å². The molecule has 0 aliphatic heterocycles. The Kier molecular flexibility index (Phi) is 4.26. The van der Waals surface area contributed by atoms with Crippen LogP contribution >= 0.6 is 0 Å². The monoisotopic (exact) mass is 266 g/mol. The van der Waals surface area contributed by atoms with Crippen molar-refractivity contribution in [2.45, 2.75) is 33.3 Å². The number of carbonyl (C=O) groups excluding carboxylic acids is 1. The van der Waals surface area contributed by atoms with Crippen LogP contribution in [0.2, 0.25) is 0 Å². The van der Waals surface area contributed by atoms with Crippen molar-refractivity contribution >= 4 is 17.3 Å². The lowest BCUT2D eigenvalue weighted by atomic mass is 10.1. The van der Waals surface area contributed by atoms with Crippen molar-refractivity contribution in [3.63, 3.8) is 0 Å². The summed E-state index contributed by atoms with van der Waals surface area (Å²) in [6.45, 7) is 6.64. The van der Waals surface area contributed by atoms with Crippen LogP contribution in [0.25, 0.3) is 0 Å². The molecule has 0 heterocycles. The largest absolute Gasteiger partial charge is 0.369 e. The van der Waals surface area contributed by atoms with Crippen molar-refractivity contribution < 1.29 is 14.5 Å². The van der Waals surface area contributed by atoms with Crippen molar-refractivity contribution in [3.05, 3.63) is 33.4 Å². The summed E-state index contributed by atoms with van der Waals surface area (Å²) >= 11 is 0. The number of carbonyl (C=O) groups is 1. The predicted octanol–water partition coefficient (Wildman–Crippen LogP) is 2.58. The molecule has 0 unspecified atom stereocenters. The number of hydrogen-bond acceptors (Lipinski definition) is 4. The molecule has 6 nitrogen and oxygen atoms in total. The molecule has 6 heteroatoms. The number of nitrogens with zero attached hydrogens (tertiary/aromatic N) is 1. The predicted molar refractivity (Wildman–Crippen MR) is 72.3 cm³/mol. The van der Waals surface area contributed by atoms with E-state index in [1.165, 1.54) is 13.2 Å². The molecule has 0 spiro atoms. The highest BCUT2D eigenvalue weighted by Gasteiger charge is 2.27. The zero-order valence-electron chi connectivity index (χ0n) is 11.7. The summed E-state index contributed by atoms with van der Waals surface area (Å²) in [7, 11) is 1.45. The van der Waals surface area contributed by atoms with Gasteiger partial charge in [0.25, 0.3) is 11.6 Å². The number of nitro groups is 1. The third-order valence-electron chi connectivity index (χ3n) is 3.04. The van der Waals surface area contributed by atoms with E-state index in [9.17, 15) is 14.9 Å². The Morgan fingerprint density at radius 2 is 1.89 bits per heavy atom. The zero-order valence-corrected chi connectivity index (χ0v) is 11.7. The van der Waals surface area contributed by atoms with Gasteiger partial charge in [-0.3, -0.25) is 14.9 Å². The lowest BCUT2D eigenvalue weighted by molar-refractivity contribution is -0.385. The highest BCUT2D eigenvalue weighted by Crippen LogP contribution is 2.26. The number of methoxy groups -OCH3 is 1. The Bertz CT molecular complexity index is 524. The first kappa shape index (κ1) is 15.1. The molecular formula is C13H18N2O4. The van der Waals surface area contributed by atoms with Crippen molar-refractivity contribution in [3.8, 4) is 0 Å². The molecule has 0 fully saturated rings. The van der Waals surface area contributed by atoms with Gasteiger partial charge in [-0.05, 0) is 39.3 Å². The van der Waals surface area contributed by atoms with Crippen LogP contribution in [0, 0.1) is 24.0 Å². The van der Waals surface area contributed by atoms with Crippen molar-refractivity contribution in [2.24, 2.45) is 0 Å². The number of anilines is 1. The molecule has 0 aliphatic rings. The lowest BCUT2D eigenvalue weighted by Gasteiger charge is -2.22. The molecule has 19 heavy (non-hydrogen) atoms. The highest BCUT2D eigenvalue weighted by molar-refractivity contribution is 5.97. The van der Waals surface area contributed by atoms with E-state index >= 15 is 0 Å². The van der Waals surface area contributed by atoms with Crippen LogP contribution in [0.4, 0.5) is 11.4 Å². The Balaban J connectivity index is 3.08. The molecule has 0 saturated carbocycles. The van der Waals surface area contributed by atoms with E-state index in [1.807, 2.05) is 0 Å². The lowest BCUT2D eigenvalue weighted by Crippen LogP contribution is -2.39. The summed E-state index contributed by atoms with van der Waals surface area (Å²) in [5, 5.41) is 13.5. The fourth-order valence-electron chi connectivity index (χ4n) is 1.50. The second-order valence-electron chi connectivity index (χ2n) is 4.88. The van der Waals surface area contributed by atoms with E-state index < -0.39 is 10.5 Å². The first-order valence-electron chi connectivity index (χ1n) is 5.81. The van der Waals surface area contributed by atoms with Crippen LogP contribution in [0.1, 0.15) is 25.0 Å². The number of ether oxygens (including phenoxy) is 1. The minimum absolute atomic E-state index is 0.0431. The van der Waals surface area contributed by atoms with E-state index in [4.69, 9.17) is 4.74 Å². The Morgan fingerprint density at radius 1 is 1.32 bits per heavy atom. The van der Waals surface area contributed by atoms with Gasteiger partial charge >= 0.3 is 0 Å². The maximum Gasteiger partial charge on any atom is 0.272 e. The third kappa shape index (κ3) is 3.29. The second kappa shape index (κ2) is 5.36. The summed E-state index contributed by atoms with van der Waals surface area (Å²) in [6, 6.07) is 3.04. The number of nitro benzene ring substituents is 1. The van der Waals surface area contributed by atoms with Gasteiger partial charge in [-0.2, -0.15) is 0 Å². The smallest absolute Gasteiger partial charge is 0.272 e. The van der Waals surface area contributed by atoms with E-state index in [0.717, 1.165) is 0 Å². The van der Waals surface area contributed by atoms with Gasteiger partial charge in [0, 0.05) is 24.4 Å². The topological polar surface area (TPSA) is 81.5 Å². The molecule has 0 aromatic heterocycles. The molecule has 1 amide bonds. The standard InChI is InChI=1S/C13H18N2O4/c1-8-7-11(15(17)18)9(2)6-10(8)14-12(16)13(3,4)19-5/h6-7H,1-5H3,(H,14,16). The molecule has 1 aromatic rings. The number of aryl methyl sites for hydroxylation is 2. The van der Waals surface area contributed by atoms with Crippen LogP contribution < -0.4 is 5.32 Å². The Labute approximate surface area is 111 Å². The summed E-state index contributed by atoms with van der Waals surface area (Å²) < 4.78 is 5.08. The van der Waals surface area contributed by atoms with Crippen LogP contribution in [-0.4, -0.2) is 23.5 Å². The minimum Gasteiger partial charge on any atom is -0.369 e. The SMILES string of the molecule is COC(C)(C)C(=O)Nc1cc(C)c([N+](=O)[O-])cc1C. The van der Waals surface area contributed by atoms with Gasteiger partial charge < -0.3 is 10.1 Å². The number of nitrogens with one attached hydrogen (secondary N) is 1. The van der Waals surface area contributed by atoms with Gasteiger partial charge in [-0.25, -0.2) is 0 Å². The normalized spacial score (nSPS) is 11.2. The van der Waals surface area contributed by atoms with Gasteiger partial charge in [-0.1, -0.05) is 0 Å². The maximum atomic E-state index is 12.0. The molecule has 0 atom stereocenters. The van der Waals surface area contributed by atoms with Crippen molar-refractivity contribution in [2.75, 3.05) is 12.4 Å². The van der Waals surface area contributed by atoms with E-state index in [2.05, 4.69) is 5.32 Å². The molecule has 0 bridgehead atoms. The quantitative estimate of drug-likeness (QED) is 0.670. The maximum absolute atomic E-state index is 12.0. The van der Waals surface area contributed by atoms with Gasteiger partial charge in [0.2, 0.25) is 0 Å². The van der Waals surface area contributed by atoms with Crippen LogP contribution in [0.15, 0.2) is 12.1 Å². The first-order valence-corrected chi connectivity index (χ1v) is 5.81.